The van der Waals surface area contributed by atoms with E-state index in [1.165, 1.54) is 17.4 Å². The van der Waals surface area contributed by atoms with Crippen LogP contribution < -0.4 is 5.32 Å². The van der Waals surface area contributed by atoms with Crippen LogP contribution in [0.25, 0.3) is 10.9 Å². The van der Waals surface area contributed by atoms with Crippen molar-refractivity contribution in [1.29, 1.82) is 0 Å². The van der Waals surface area contributed by atoms with Gasteiger partial charge in [0.25, 0.3) is 0 Å². The van der Waals surface area contributed by atoms with Crippen molar-refractivity contribution >= 4 is 10.9 Å². The molecule has 94 valence electrons. The Morgan fingerprint density at radius 1 is 1.28 bits per heavy atom. The topological polar surface area (TPSA) is 34.1 Å². The number of benzene rings is 1. The van der Waals surface area contributed by atoms with Crippen molar-refractivity contribution in [2.24, 2.45) is 5.92 Å². The molecule has 3 rings (SSSR count). The van der Waals surface area contributed by atoms with Crippen LogP contribution in [-0.2, 0) is 11.3 Å². The molecule has 1 saturated heterocycles. The Morgan fingerprint density at radius 2 is 2.22 bits per heavy atom. The molecule has 0 saturated carbocycles. The van der Waals surface area contributed by atoms with Crippen LogP contribution in [-0.4, -0.2) is 24.7 Å². The molecule has 0 bridgehead atoms. The maximum absolute atomic E-state index is 5.38. The highest BCUT2D eigenvalue weighted by Gasteiger charge is 2.14. The summed E-state index contributed by atoms with van der Waals surface area (Å²) in [5, 5.41) is 4.77. The zero-order valence-electron chi connectivity index (χ0n) is 10.4. The van der Waals surface area contributed by atoms with E-state index < -0.39 is 0 Å². The summed E-state index contributed by atoms with van der Waals surface area (Å²) < 4.78 is 5.38. The van der Waals surface area contributed by atoms with Crippen LogP contribution in [0, 0.1) is 5.92 Å². The van der Waals surface area contributed by atoms with Crippen molar-refractivity contribution in [2.45, 2.75) is 13.0 Å². The molecule has 18 heavy (non-hydrogen) atoms. The van der Waals surface area contributed by atoms with Gasteiger partial charge in [0.1, 0.15) is 0 Å². The summed E-state index contributed by atoms with van der Waals surface area (Å²) in [7, 11) is 0. The van der Waals surface area contributed by atoms with E-state index >= 15 is 0 Å². The first kappa shape index (κ1) is 11.6. The number of pyridine rings is 1. The second-order valence-electron chi connectivity index (χ2n) is 4.85. The molecule has 2 heterocycles. The first-order chi connectivity index (χ1) is 8.93. The second kappa shape index (κ2) is 5.46. The minimum Gasteiger partial charge on any atom is -0.381 e. The molecule has 3 heteroatoms. The third-order valence-corrected chi connectivity index (χ3v) is 3.51. The van der Waals surface area contributed by atoms with Gasteiger partial charge < -0.3 is 10.1 Å². The summed E-state index contributed by atoms with van der Waals surface area (Å²) >= 11 is 0. The molecule has 1 N–H and O–H groups in total. The van der Waals surface area contributed by atoms with E-state index in [4.69, 9.17) is 4.74 Å². The Morgan fingerprint density at radius 3 is 3.11 bits per heavy atom. The molecule has 2 aromatic rings. The van der Waals surface area contributed by atoms with Crippen LogP contribution in [0.3, 0.4) is 0 Å². The van der Waals surface area contributed by atoms with Gasteiger partial charge in [0.15, 0.2) is 0 Å². The van der Waals surface area contributed by atoms with Crippen molar-refractivity contribution in [2.75, 3.05) is 19.8 Å². The summed E-state index contributed by atoms with van der Waals surface area (Å²) in [5.74, 6) is 0.679. The minimum atomic E-state index is 0.679. The maximum atomic E-state index is 5.38. The van der Waals surface area contributed by atoms with Crippen molar-refractivity contribution < 1.29 is 4.74 Å². The fourth-order valence-corrected chi connectivity index (χ4v) is 2.46. The molecule has 0 spiro atoms. The van der Waals surface area contributed by atoms with Gasteiger partial charge in [-0.15, -0.1) is 0 Å². The van der Waals surface area contributed by atoms with Gasteiger partial charge in [-0.05, 0) is 30.0 Å². The van der Waals surface area contributed by atoms with E-state index in [0.29, 0.717) is 5.92 Å². The maximum Gasteiger partial charge on any atom is 0.0705 e. The number of hydrogen-bond acceptors (Lipinski definition) is 3. The van der Waals surface area contributed by atoms with Crippen molar-refractivity contribution in [3.63, 3.8) is 0 Å². The highest BCUT2D eigenvalue weighted by atomic mass is 16.5. The lowest BCUT2D eigenvalue weighted by atomic mass is 10.1. The Balaban J connectivity index is 1.66. The van der Waals surface area contributed by atoms with Gasteiger partial charge in [-0.3, -0.25) is 4.98 Å². The minimum absolute atomic E-state index is 0.679. The van der Waals surface area contributed by atoms with E-state index in [0.717, 1.165) is 31.8 Å². The first-order valence-corrected chi connectivity index (χ1v) is 6.54. The molecular weight excluding hydrogens is 224 g/mol. The number of aromatic nitrogens is 1. The quantitative estimate of drug-likeness (QED) is 0.893. The van der Waals surface area contributed by atoms with E-state index in [9.17, 15) is 0 Å². The third-order valence-electron chi connectivity index (χ3n) is 3.51. The number of ether oxygens (including phenoxy) is 1. The van der Waals surface area contributed by atoms with E-state index in [-0.39, 0.29) is 0 Å². The summed E-state index contributed by atoms with van der Waals surface area (Å²) in [4.78, 5) is 4.38. The van der Waals surface area contributed by atoms with Gasteiger partial charge in [-0.1, -0.05) is 18.2 Å². The van der Waals surface area contributed by atoms with E-state index in [1.807, 2.05) is 12.3 Å². The smallest absolute Gasteiger partial charge is 0.0705 e. The predicted molar refractivity (Wildman–Crippen MR) is 72.4 cm³/mol. The van der Waals surface area contributed by atoms with Crippen LogP contribution in [0.2, 0.25) is 0 Å². The van der Waals surface area contributed by atoms with Gasteiger partial charge in [-0.2, -0.15) is 0 Å². The normalized spacial score (nSPS) is 19.4. The second-order valence-corrected chi connectivity index (χ2v) is 4.85. The summed E-state index contributed by atoms with van der Waals surface area (Å²) in [6.45, 7) is 3.77. The molecule has 1 aliphatic heterocycles. The molecule has 1 atom stereocenters. The van der Waals surface area contributed by atoms with Gasteiger partial charge in [0.05, 0.1) is 12.1 Å². The Kier molecular flexibility index (Phi) is 3.53. The third kappa shape index (κ3) is 2.52. The SMILES string of the molecule is c1ccc2c(CNCC3CCOC3)ccnc2c1. The average molecular weight is 242 g/mol. The van der Waals surface area contributed by atoms with E-state index in [2.05, 4.69) is 34.6 Å². The standard InChI is InChI=1S/C15H18N2O/c1-2-4-15-14(3-1)13(5-7-17-15)10-16-9-12-6-8-18-11-12/h1-5,7,12,16H,6,8-11H2. The number of fused-ring (bicyclic) bond motifs is 1. The van der Waals surface area contributed by atoms with Crippen molar-refractivity contribution in [3.05, 3.63) is 42.1 Å². The summed E-state index contributed by atoms with van der Waals surface area (Å²) in [6, 6.07) is 10.4. The number of nitrogens with one attached hydrogen (secondary N) is 1. The summed E-state index contributed by atoms with van der Waals surface area (Å²) in [6.07, 6.45) is 3.07. The number of nitrogens with zero attached hydrogens (tertiary/aromatic N) is 1. The van der Waals surface area contributed by atoms with Gasteiger partial charge in [-0.25, -0.2) is 0 Å². The molecule has 1 aliphatic rings. The zero-order valence-corrected chi connectivity index (χ0v) is 10.4. The largest absolute Gasteiger partial charge is 0.381 e. The average Bonchev–Trinajstić information content (AvgIpc) is 2.92. The highest BCUT2D eigenvalue weighted by Crippen LogP contribution is 2.16. The van der Waals surface area contributed by atoms with Crippen LogP contribution in [0.4, 0.5) is 0 Å². The van der Waals surface area contributed by atoms with Crippen LogP contribution in [0.1, 0.15) is 12.0 Å². The monoisotopic (exact) mass is 242 g/mol. The van der Waals surface area contributed by atoms with Crippen LogP contribution in [0.15, 0.2) is 36.5 Å². The fraction of sp³-hybridized carbons (Fsp3) is 0.400. The Bertz CT molecular complexity index is 515. The van der Waals surface area contributed by atoms with E-state index in [1.54, 1.807) is 0 Å². The lowest BCUT2D eigenvalue weighted by molar-refractivity contribution is 0.185. The number of para-hydroxylation sites is 1. The molecule has 3 nitrogen and oxygen atoms in total. The molecule has 0 amide bonds. The summed E-state index contributed by atoms with van der Waals surface area (Å²) in [5.41, 5.74) is 2.39. The van der Waals surface area contributed by atoms with Crippen molar-refractivity contribution in [1.82, 2.24) is 10.3 Å². The number of hydrogen-bond donors (Lipinski definition) is 1. The van der Waals surface area contributed by atoms with Gasteiger partial charge >= 0.3 is 0 Å². The molecule has 1 aromatic carbocycles. The molecular formula is C15H18N2O. The highest BCUT2D eigenvalue weighted by molar-refractivity contribution is 5.81. The fourth-order valence-electron chi connectivity index (χ4n) is 2.46. The lowest BCUT2D eigenvalue weighted by Gasteiger charge is -2.10. The molecule has 0 radical (unpaired) electrons. The Hall–Kier alpha value is -1.45. The number of rotatable bonds is 4. The van der Waals surface area contributed by atoms with Gasteiger partial charge in [0, 0.05) is 31.3 Å². The van der Waals surface area contributed by atoms with Gasteiger partial charge in [0.2, 0.25) is 0 Å². The Labute approximate surface area is 107 Å². The molecule has 0 aliphatic carbocycles. The molecule has 1 fully saturated rings. The first-order valence-electron chi connectivity index (χ1n) is 6.54. The molecule has 1 aromatic heterocycles. The zero-order chi connectivity index (χ0) is 12.2. The van der Waals surface area contributed by atoms with Crippen LogP contribution in [0.5, 0.6) is 0 Å². The van der Waals surface area contributed by atoms with Crippen LogP contribution >= 0.6 is 0 Å². The lowest BCUT2D eigenvalue weighted by Crippen LogP contribution is -2.22. The molecule has 1 unspecified atom stereocenters. The predicted octanol–water partition coefficient (Wildman–Crippen LogP) is 2.36. The van der Waals surface area contributed by atoms with Crippen molar-refractivity contribution in [3.8, 4) is 0 Å².